The Labute approximate surface area is 140 Å². The second kappa shape index (κ2) is 6.46. The summed E-state index contributed by atoms with van der Waals surface area (Å²) in [4.78, 5) is 6.59. The number of nitrogens with two attached hydrogens (primary N) is 1. The minimum atomic E-state index is -3.61. The van der Waals surface area contributed by atoms with Crippen LogP contribution in [-0.4, -0.2) is 51.7 Å². The molecule has 1 saturated heterocycles. The number of ether oxygens (including phenoxy) is 2. The van der Waals surface area contributed by atoms with Crippen LogP contribution in [0.2, 0.25) is 0 Å². The van der Waals surface area contributed by atoms with Crippen molar-refractivity contribution in [2.45, 2.75) is 6.42 Å². The first kappa shape index (κ1) is 16.8. The fraction of sp³-hybridized carbons (Fsp3) is 0.500. The lowest BCUT2D eigenvalue weighted by atomic mass is 9.97. The third-order valence-corrected chi connectivity index (χ3v) is 4.74. The fourth-order valence-corrected chi connectivity index (χ4v) is 3.27. The number of nitrogens with zero attached hydrogens (tertiary/aromatic N) is 3. The topological polar surface area (TPSA) is 111 Å². The summed E-state index contributed by atoms with van der Waals surface area (Å²) < 4.78 is 36.6. The minimum absolute atomic E-state index is 0.357. The molecule has 0 bridgehead atoms. The molecule has 0 spiro atoms. The van der Waals surface area contributed by atoms with Crippen molar-refractivity contribution in [1.82, 2.24) is 14.1 Å². The van der Waals surface area contributed by atoms with Crippen molar-refractivity contribution >= 4 is 21.7 Å². The van der Waals surface area contributed by atoms with Crippen molar-refractivity contribution in [3.05, 3.63) is 18.5 Å². The molecule has 2 aromatic rings. The molecule has 0 saturated carbocycles. The molecule has 0 aromatic carbocycles. The zero-order valence-corrected chi connectivity index (χ0v) is 14.4. The maximum absolute atomic E-state index is 10.9. The Morgan fingerprint density at radius 1 is 1.33 bits per heavy atom. The molecule has 2 aromatic heterocycles. The van der Waals surface area contributed by atoms with Gasteiger partial charge in [-0.1, -0.05) is 0 Å². The molecule has 10 heteroatoms. The lowest BCUT2D eigenvalue weighted by Gasteiger charge is -2.40. The first-order valence-electron chi connectivity index (χ1n) is 7.52. The number of hydrogen-bond donors (Lipinski definition) is 2. The third kappa shape index (κ3) is 3.40. The number of rotatable bonds is 7. The fourth-order valence-electron chi connectivity index (χ4n) is 2.87. The lowest BCUT2D eigenvalue weighted by molar-refractivity contribution is 0.352. The average Bonchev–Trinajstić information content (AvgIpc) is 2.89. The van der Waals surface area contributed by atoms with Gasteiger partial charge in [0.1, 0.15) is 11.5 Å². The number of aromatic nitrogens is 2. The van der Waals surface area contributed by atoms with Gasteiger partial charge in [-0.25, -0.2) is 14.8 Å². The molecule has 3 N–H and O–H groups in total. The van der Waals surface area contributed by atoms with Gasteiger partial charge >= 0.3 is 0 Å². The Morgan fingerprint density at radius 3 is 2.67 bits per heavy atom. The Morgan fingerprint density at radius 2 is 2.04 bits per heavy atom. The summed E-state index contributed by atoms with van der Waals surface area (Å²) >= 11 is 0. The zero-order valence-electron chi connectivity index (χ0n) is 13.6. The molecule has 3 heterocycles. The zero-order chi connectivity index (χ0) is 17.3. The van der Waals surface area contributed by atoms with Gasteiger partial charge in [0.25, 0.3) is 10.2 Å². The van der Waals surface area contributed by atoms with Gasteiger partial charge in [0.2, 0.25) is 0 Å². The number of methoxy groups -OCH3 is 2. The molecule has 132 valence electrons. The number of fused-ring (bicyclic) bond motifs is 1. The highest BCUT2D eigenvalue weighted by molar-refractivity contribution is 7.87. The van der Waals surface area contributed by atoms with Gasteiger partial charge in [-0.15, -0.1) is 0 Å². The van der Waals surface area contributed by atoms with Crippen molar-refractivity contribution in [3.63, 3.8) is 0 Å². The summed E-state index contributed by atoms with van der Waals surface area (Å²) in [5.41, 5.74) is 0.780. The van der Waals surface area contributed by atoms with E-state index in [9.17, 15) is 8.42 Å². The predicted molar refractivity (Wildman–Crippen MR) is 89.7 cm³/mol. The second-order valence-electron chi connectivity index (χ2n) is 5.75. The van der Waals surface area contributed by atoms with E-state index in [0.717, 1.165) is 31.0 Å². The first-order valence-corrected chi connectivity index (χ1v) is 9.07. The second-order valence-corrected chi connectivity index (χ2v) is 7.13. The van der Waals surface area contributed by atoms with Crippen LogP contribution in [-0.2, 0) is 10.2 Å². The highest BCUT2D eigenvalue weighted by Crippen LogP contribution is 2.32. The van der Waals surface area contributed by atoms with Gasteiger partial charge in [0, 0.05) is 25.7 Å². The number of anilines is 1. The highest BCUT2D eigenvalue weighted by Gasteiger charge is 2.29. The molecule has 1 aliphatic rings. The number of nitrogens with one attached hydrogen (secondary N) is 1. The smallest absolute Gasteiger partial charge is 0.274 e. The van der Waals surface area contributed by atoms with Crippen LogP contribution in [0.4, 0.5) is 5.82 Å². The standard InChI is InChI=1S/C14H21N5O4S/c1-22-11-5-13-16-6-14(19(13)9-12(11)23-2)18-7-10(8-18)3-4-17-24(15,20)21/h5-6,9-10,17H,3-4,7-8H2,1-2H3,(H2,15,20,21). The van der Waals surface area contributed by atoms with E-state index >= 15 is 0 Å². The highest BCUT2D eigenvalue weighted by atomic mass is 32.2. The number of imidazole rings is 1. The molecular formula is C14H21N5O4S. The molecule has 0 aliphatic carbocycles. The van der Waals surface area contributed by atoms with E-state index in [4.69, 9.17) is 14.6 Å². The average molecular weight is 355 g/mol. The van der Waals surface area contributed by atoms with Gasteiger partial charge < -0.3 is 14.4 Å². The summed E-state index contributed by atoms with van der Waals surface area (Å²) in [6.45, 7) is 2.04. The predicted octanol–water partition coefficient (Wildman–Crippen LogP) is -0.0291. The monoisotopic (exact) mass is 355 g/mol. The molecule has 9 nitrogen and oxygen atoms in total. The van der Waals surface area contributed by atoms with Crippen LogP contribution in [0.5, 0.6) is 11.5 Å². The van der Waals surface area contributed by atoms with Gasteiger partial charge in [0.15, 0.2) is 11.5 Å². The summed E-state index contributed by atoms with van der Waals surface area (Å²) in [5.74, 6) is 2.67. The van der Waals surface area contributed by atoms with Gasteiger partial charge in [0.05, 0.1) is 26.6 Å². The molecule has 0 radical (unpaired) electrons. The van der Waals surface area contributed by atoms with E-state index in [1.807, 2.05) is 22.9 Å². The van der Waals surface area contributed by atoms with Crippen LogP contribution in [0.25, 0.3) is 5.65 Å². The van der Waals surface area contributed by atoms with Crippen LogP contribution in [0.15, 0.2) is 18.5 Å². The summed E-state index contributed by atoms with van der Waals surface area (Å²) in [6, 6.07) is 1.83. The Hall–Kier alpha value is -2.04. The first-order chi connectivity index (χ1) is 11.4. The normalized spacial score (nSPS) is 15.5. The van der Waals surface area contributed by atoms with Gasteiger partial charge in [-0.3, -0.25) is 4.40 Å². The van der Waals surface area contributed by atoms with Crippen molar-refractivity contribution in [2.75, 3.05) is 38.8 Å². The van der Waals surface area contributed by atoms with E-state index in [1.54, 1.807) is 14.2 Å². The van der Waals surface area contributed by atoms with E-state index < -0.39 is 10.2 Å². The molecule has 0 atom stereocenters. The molecular weight excluding hydrogens is 334 g/mol. The minimum Gasteiger partial charge on any atom is -0.493 e. The van der Waals surface area contributed by atoms with Crippen molar-refractivity contribution in [1.29, 1.82) is 0 Å². The largest absolute Gasteiger partial charge is 0.493 e. The summed E-state index contributed by atoms with van der Waals surface area (Å²) in [6.07, 6.45) is 4.42. The van der Waals surface area contributed by atoms with Crippen molar-refractivity contribution < 1.29 is 17.9 Å². The Kier molecular flexibility index (Phi) is 4.52. The summed E-state index contributed by atoms with van der Waals surface area (Å²) in [5, 5.41) is 4.92. The molecule has 0 unspecified atom stereocenters. The number of hydrogen-bond acceptors (Lipinski definition) is 6. The lowest BCUT2D eigenvalue weighted by Crippen LogP contribution is -2.48. The SMILES string of the molecule is COc1cc2ncc(N3CC(CCNS(N)(=O)=O)C3)n2cc1OC. The molecule has 1 aliphatic heterocycles. The van der Waals surface area contributed by atoms with Crippen molar-refractivity contribution in [2.24, 2.45) is 11.1 Å². The maximum Gasteiger partial charge on any atom is 0.274 e. The Bertz CT molecular complexity index is 829. The quantitative estimate of drug-likeness (QED) is 0.721. The van der Waals surface area contributed by atoms with Crippen LogP contribution in [0, 0.1) is 5.92 Å². The number of pyridine rings is 1. The Balaban J connectivity index is 1.67. The molecule has 3 rings (SSSR count). The third-order valence-electron chi connectivity index (χ3n) is 4.13. The van der Waals surface area contributed by atoms with Gasteiger partial charge in [-0.05, 0) is 12.3 Å². The van der Waals surface area contributed by atoms with Gasteiger partial charge in [-0.2, -0.15) is 8.42 Å². The van der Waals surface area contributed by atoms with E-state index in [1.165, 1.54) is 0 Å². The van der Waals surface area contributed by atoms with E-state index in [2.05, 4.69) is 14.6 Å². The van der Waals surface area contributed by atoms with E-state index in [-0.39, 0.29) is 0 Å². The van der Waals surface area contributed by atoms with Crippen molar-refractivity contribution in [3.8, 4) is 11.5 Å². The van der Waals surface area contributed by atoms with Crippen LogP contribution in [0.3, 0.4) is 0 Å². The molecule has 1 fully saturated rings. The van der Waals surface area contributed by atoms with Crippen LogP contribution < -0.4 is 24.2 Å². The molecule has 24 heavy (non-hydrogen) atoms. The summed E-state index contributed by atoms with van der Waals surface area (Å²) in [7, 11) is -0.421. The maximum atomic E-state index is 10.9. The van der Waals surface area contributed by atoms with Crippen LogP contribution >= 0.6 is 0 Å². The van der Waals surface area contributed by atoms with Crippen LogP contribution in [0.1, 0.15) is 6.42 Å². The molecule has 0 amide bonds. The van der Waals surface area contributed by atoms with E-state index in [0.29, 0.717) is 24.0 Å².